The van der Waals surface area contributed by atoms with Crippen LogP contribution in [0.5, 0.6) is 5.75 Å². The molecule has 1 aliphatic rings. The fourth-order valence-electron chi connectivity index (χ4n) is 4.58. The van der Waals surface area contributed by atoms with Gasteiger partial charge in [0.15, 0.2) is 0 Å². The van der Waals surface area contributed by atoms with Crippen LogP contribution in [0.25, 0.3) is 11.0 Å². The molecule has 34 heavy (non-hydrogen) atoms. The van der Waals surface area contributed by atoms with Gasteiger partial charge in [0.2, 0.25) is 5.95 Å². The summed E-state index contributed by atoms with van der Waals surface area (Å²) in [4.78, 5) is 18.7. The van der Waals surface area contributed by atoms with Gasteiger partial charge < -0.3 is 15.4 Å². The number of hydrogen-bond acceptors (Lipinski definition) is 4. The Morgan fingerprint density at radius 3 is 2.62 bits per heavy atom. The second-order valence-corrected chi connectivity index (χ2v) is 8.88. The molecule has 2 heterocycles. The van der Waals surface area contributed by atoms with E-state index in [1.165, 1.54) is 0 Å². The lowest BCUT2D eigenvalue weighted by molar-refractivity contribution is -0.113. The van der Waals surface area contributed by atoms with Crippen molar-refractivity contribution < 1.29 is 9.53 Å². The van der Waals surface area contributed by atoms with Crippen LogP contribution in [-0.4, -0.2) is 22.6 Å². The molecule has 172 valence electrons. The summed E-state index contributed by atoms with van der Waals surface area (Å²) in [5.74, 6) is 1.17. The standard InChI is InChI=1S/C27H25ClN4O2/c1-15-13-19(28)16(2)21(14-15)30-26(33)24-17(3)29-27-31-20-10-6-7-11-22(20)32(27)25(24)18-9-5-8-12-23(18)34-4/h5-14,25H,1-4H3,(H,29,31)(H,30,33). The number of benzene rings is 3. The molecule has 1 amide bonds. The Balaban J connectivity index is 1.70. The van der Waals surface area contributed by atoms with E-state index in [-0.39, 0.29) is 5.91 Å². The molecular weight excluding hydrogens is 448 g/mol. The van der Waals surface area contributed by atoms with Crippen LogP contribution in [0.1, 0.15) is 29.7 Å². The van der Waals surface area contributed by atoms with E-state index in [1.807, 2.05) is 81.4 Å². The van der Waals surface area contributed by atoms with Crippen LogP contribution in [0.3, 0.4) is 0 Å². The summed E-state index contributed by atoms with van der Waals surface area (Å²) in [7, 11) is 1.64. The summed E-state index contributed by atoms with van der Waals surface area (Å²) in [6, 6.07) is 19.1. The molecule has 3 aromatic carbocycles. The van der Waals surface area contributed by atoms with Gasteiger partial charge in [0.25, 0.3) is 5.91 Å². The number of amides is 1. The van der Waals surface area contributed by atoms with Gasteiger partial charge in [-0.1, -0.05) is 41.9 Å². The number of hydrogen-bond donors (Lipinski definition) is 2. The van der Waals surface area contributed by atoms with E-state index < -0.39 is 6.04 Å². The van der Waals surface area contributed by atoms with Crippen LogP contribution >= 0.6 is 11.6 Å². The van der Waals surface area contributed by atoms with Crippen molar-refractivity contribution in [3.05, 3.63) is 93.6 Å². The van der Waals surface area contributed by atoms with Crippen molar-refractivity contribution in [2.75, 3.05) is 17.7 Å². The first kappa shape index (κ1) is 22.0. The number of nitrogens with one attached hydrogen (secondary N) is 2. The third-order valence-corrected chi connectivity index (χ3v) is 6.64. The number of rotatable bonds is 4. The van der Waals surface area contributed by atoms with Gasteiger partial charge in [0.1, 0.15) is 5.75 Å². The molecule has 0 aliphatic carbocycles. The number of halogens is 1. The van der Waals surface area contributed by atoms with Crippen molar-refractivity contribution >= 4 is 40.2 Å². The van der Waals surface area contributed by atoms with E-state index in [0.717, 1.165) is 33.4 Å². The molecule has 2 N–H and O–H groups in total. The Hall–Kier alpha value is -3.77. The summed E-state index contributed by atoms with van der Waals surface area (Å²) in [5.41, 5.74) is 6.45. The predicted octanol–water partition coefficient (Wildman–Crippen LogP) is 6.24. The van der Waals surface area contributed by atoms with Crippen molar-refractivity contribution in [1.29, 1.82) is 0 Å². The number of anilines is 2. The van der Waals surface area contributed by atoms with Gasteiger partial charge in [-0.25, -0.2) is 4.98 Å². The molecule has 0 saturated heterocycles. The maximum absolute atomic E-state index is 13.9. The van der Waals surface area contributed by atoms with Gasteiger partial charge in [-0.3, -0.25) is 9.36 Å². The van der Waals surface area contributed by atoms with E-state index in [9.17, 15) is 4.79 Å². The van der Waals surface area contributed by atoms with E-state index in [2.05, 4.69) is 15.2 Å². The summed E-state index contributed by atoms with van der Waals surface area (Å²) < 4.78 is 7.77. The molecule has 0 fully saturated rings. The molecule has 5 rings (SSSR count). The molecule has 6 nitrogen and oxygen atoms in total. The Labute approximate surface area is 203 Å². The highest BCUT2D eigenvalue weighted by atomic mass is 35.5. The molecule has 0 saturated carbocycles. The molecule has 1 aliphatic heterocycles. The summed E-state index contributed by atoms with van der Waals surface area (Å²) >= 11 is 6.39. The molecular formula is C27H25ClN4O2. The Bertz CT molecular complexity index is 1470. The average molecular weight is 473 g/mol. The normalized spacial score (nSPS) is 15.1. The fraction of sp³-hybridized carbons (Fsp3) is 0.185. The van der Waals surface area contributed by atoms with Crippen molar-refractivity contribution in [2.24, 2.45) is 0 Å². The third kappa shape index (κ3) is 3.60. The highest BCUT2D eigenvalue weighted by Crippen LogP contribution is 2.42. The molecule has 1 unspecified atom stereocenters. The smallest absolute Gasteiger partial charge is 0.255 e. The van der Waals surface area contributed by atoms with Crippen molar-refractivity contribution in [3.8, 4) is 5.75 Å². The van der Waals surface area contributed by atoms with Gasteiger partial charge in [-0.15, -0.1) is 0 Å². The number of methoxy groups -OCH3 is 1. The number of carbonyl (C=O) groups is 1. The molecule has 1 atom stereocenters. The van der Waals surface area contributed by atoms with Crippen LogP contribution in [0.4, 0.5) is 11.6 Å². The summed E-state index contributed by atoms with van der Waals surface area (Å²) in [6.07, 6.45) is 0. The minimum absolute atomic E-state index is 0.214. The number of ether oxygens (including phenoxy) is 1. The van der Waals surface area contributed by atoms with Crippen molar-refractivity contribution in [2.45, 2.75) is 26.8 Å². The second kappa shape index (κ2) is 8.54. The lowest BCUT2D eigenvalue weighted by Crippen LogP contribution is -2.31. The lowest BCUT2D eigenvalue weighted by Gasteiger charge is -2.31. The van der Waals surface area contributed by atoms with E-state index in [4.69, 9.17) is 21.3 Å². The zero-order valence-corrected chi connectivity index (χ0v) is 20.2. The minimum atomic E-state index is -0.444. The number of fused-ring (bicyclic) bond motifs is 3. The van der Waals surface area contributed by atoms with Gasteiger partial charge in [0.05, 0.1) is 29.8 Å². The van der Waals surface area contributed by atoms with Gasteiger partial charge in [0, 0.05) is 22.0 Å². The Morgan fingerprint density at radius 1 is 1.09 bits per heavy atom. The number of nitrogens with zero attached hydrogens (tertiary/aromatic N) is 2. The highest BCUT2D eigenvalue weighted by molar-refractivity contribution is 6.32. The van der Waals surface area contributed by atoms with Gasteiger partial charge >= 0.3 is 0 Å². The first-order valence-corrected chi connectivity index (χ1v) is 11.4. The van der Waals surface area contributed by atoms with Crippen LogP contribution in [0, 0.1) is 13.8 Å². The maximum atomic E-state index is 13.9. The number of para-hydroxylation sites is 3. The second-order valence-electron chi connectivity index (χ2n) is 8.48. The first-order valence-electron chi connectivity index (χ1n) is 11.0. The topological polar surface area (TPSA) is 68.2 Å². The number of allylic oxidation sites excluding steroid dienone is 1. The maximum Gasteiger partial charge on any atom is 0.255 e. The third-order valence-electron chi connectivity index (χ3n) is 6.25. The Morgan fingerprint density at radius 2 is 1.82 bits per heavy atom. The minimum Gasteiger partial charge on any atom is -0.496 e. The van der Waals surface area contributed by atoms with Crippen molar-refractivity contribution in [1.82, 2.24) is 9.55 Å². The van der Waals surface area contributed by atoms with Crippen molar-refractivity contribution in [3.63, 3.8) is 0 Å². The molecule has 0 spiro atoms. The van der Waals surface area contributed by atoms with Crippen LogP contribution < -0.4 is 15.4 Å². The number of aromatic nitrogens is 2. The largest absolute Gasteiger partial charge is 0.496 e. The molecule has 1 aromatic heterocycles. The van der Waals surface area contributed by atoms with Gasteiger partial charge in [-0.2, -0.15) is 0 Å². The van der Waals surface area contributed by atoms with Crippen LogP contribution in [0.2, 0.25) is 5.02 Å². The average Bonchev–Trinajstić information content (AvgIpc) is 3.19. The SMILES string of the molecule is COc1ccccc1C1C(C(=O)Nc2cc(C)cc(Cl)c2C)=C(C)Nc2nc3ccccc3n21. The first-order chi connectivity index (χ1) is 16.4. The number of carbonyl (C=O) groups excluding carboxylic acids is 1. The van der Waals surface area contributed by atoms with Gasteiger partial charge in [-0.05, 0) is 62.2 Å². The van der Waals surface area contributed by atoms with Crippen LogP contribution in [-0.2, 0) is 4.79 Å². The summed E-state index contributed by atoms with van der Waals surface area (Å²) in [5, 5.41) is 7.07. The monoisotopic (exact) mass is 472 g/mol. The van der Waals surface area contributed by atoms with E-state index in [1.54, 1.807) is 7.11 Å². The Kier molecular flexibility index (Phi) is 5.54. The quantitative estimate of drug-likeness (QED) is 0.368. The zero-order chi connectivity index (χ0) is 24.0. The van der Waals surface area contributed by atoms with E-state index in [0.29, 0.717) is 28.0 Å². The molecule has 0 radical (unpaired) electrons. The number of aryl methyl sites for hydroxylation is 1. The number of imidazole rings is 1. The molecule has 4 aromatic rings. The fourth-order valence-corrected chi connectivity index (χ4v) is 4.85. The predicted molar refractivity (Wildman–Crippen MR) is 137 cm³/mol. The van der Waals surface area contributed by atoms with Crippen LogP contribution in [0.15, 0.2) is 71.9 Å². The molecule has 0 bridgehead atoms. The zero-order valence-electron chi connectivity index (χ0n) is 19.4. The summed E-state index contributed by atoms with van der Waals surface area (Å²) in [6.45, 7) is 5.75. The lowest BCUT2D eigenvalue weighted by atomic mass is 9.93. The van der Waals surface area contributed by atoms with E-state index >= 15 is 0 Å². The highest BCUT2D eigenvalue weighted by Gasteiger charge is 2.35. The molecule has 7 heteroatoms.